The SMILES string of the molecule is CNSC(O)NCC(=O)CN. The van der Waals surface area contributed by atoms with Gasteiger partial charge in [-0.1, -0.05) is 0 Å². The Hall–Kier alpha value is -0.140. The van der Waals surface area contributed by atoms with Crippen LogP contribution in [0.3, 0.4) is 0 Å². The molecule has 11 heavy (non-hydrogen) atoms. The molecule has 0 fully saturated rings. The molecule has 1 unspecified atom stereocenters. The summed E-state index contributed by atoms with van der Waals surface area (Å²) in [7, 11) is 1.68. The zero-order valence-electron chi connectivity index (χ0n) is 6.33. The van der Waals surface area contributed by atoms with E-state index in [0.717, 1.165) is 11.9 Å². The summed E-state index contributed by atoms with van der Waals surface area (Å²) in [5.74, 6) is -0.124. The number of rotatable bonds is 6. The average Bonchev–Trinajstić information content (AvgIpc) is 2.01. The number of Topliss-reactive ketones (excluding diaryl/α,β-unsaturated/α-hetero) is 1. The van der Waals surface area contributed by atoms with E-state index in [9.17, 15) is 4.79 Å². The van der Waals surface area contributed by atoms with E-state index >= 15 is 0 Å². The van der Waals surface area contributed by atoms with Crippen molar-refractivity contribution in [1.29, 1.82) is 0 Å². The summed E-state index contributed by atoms with van der Waals surface area (Å²) >= 11 is 1.09. The molecule has 0 amide bonds. The number of hydrogen-bond donors (Lipinski definition) is 4. The van der Waals surface area contributed by atoms with E-state index in [0.29, 0.717) is 0 Å². The van der Waals surface area contributed by atoms with Crippen LogP contribution in [-0.4, -0.2) is 36.6 Å². The largest absolute Gasteiger partial charge is 0.368 e. The van der Waals surface area contributed by atoms with E-state index < -0.39 is 5.56 Å². The lowest BCUT2D eigenvalue weighted by atomic mass is 10.4. The summed E-state index contributed by atoms with van der Waals surface area (Å²) in [4.78, 5) is 10.6. The Morgan fingerprint density at radius 1 is 1.82 bits per heavy atom. The Morgan fingerprint density at radius 2 is 2.45 bits per heavy atom. The molecule has 0 heterocycles. The van der Waals surface area contributed by atoms with Crippen LogP contribution in [0.25, 0.3) is 0 Å². The molecule has 0 rings (SSSR count). The number of aliphatic hydroxyl groups excluding tert-OH is 1. The second-order valence-corrected chi connectivity index (χ2v) is 2.89. The van der Waals surface area contributed by atoms with Crippen LogP contribution in [0.15, 0.2) is 0 Å². The molecule has 0 aliphatic heterocycles. The van der Waals surface area contributed by atoms with E-state index in [2.05, 4.69) is 10.0 Å². The fraction of sp³-hybridized carbons (Fsp3) is 0.800. The van der Waals surface area contributed by atoms with Gasteiger partial charge in [-0.15, -0.1) is 0 Å². The topological polar surface area (TPSA) is 87.4 Å². The molecule has 5 nitrogen and oxygen atoms in total. The summed E-state index contributed by atoms with van der Waals surface area (Å²) in [6, 6.07) is 0. The highest BCUT2D eigenvalue weighted by Gasteiger charge is 2.03. The predicted molar refractivity (Wildman–Crippen MR) is 44.7 cm³/mol. The Labute approximate surface area is 69.9 Å². The van der Waals surface area contributed by atoms with Gasteiger partial charge in [0.25, 0.3) is 0 Å². The van der Waals surface area contributed by atoms with Gasteiger partial charge >= 0.3 is 0 Å². The minimum Gasteiger partial charge on any atom is -0.368 e. The van der Waals surface area contributed by atoms with Gasteiger partial charge in [0.1, 0.15) is 0 Å². The van der Waals surface area contributed by atoms with Crippen molar-refractivity contribution in [2.75, 3.05) is 20.1 Å². The fourth-order valence-electron chi connectivity index (χ4n) is 0.427. The first kappa shape index (κ1) is 10.9. The van der Waals surface area contributed by atoms with E-state index in [-0.39, 0.29) is 18.9 Å². The molecule has 0 aromatic heterocycles. The number of ketones is 1. The van der Waals surface area contributed by atoms with Crippen LogP contribution in [0.1, 0.15) is 0 Å². The van der Waals surface area contributed by atoms with Crippen molar-refractivity contribution in [3.63, 3.8) is 0 Å². The Kier molecular flexibility index (Phi) is 6.48. The van der Waals surface area contributed by atoms with E-state index in [1.165, 1.54) is 0 Å². The maximum absolute atomic E-state index is 10.6. The van der Waals surface area contributed by atoms with E-state index in [1.807, 2.05) is 0 Å². The van der Waals surface area contributed by atoms with Gasteiger partial charge in [0.2, 0.25) is 0 Å². The van der Waals surface area contributed by atoms with Gasteiger partial charge < -0.3 is 10.8 Å². The number of carbonyl (C=O) groups is 1. The highest BCUT2D eigenvalue weighted by atomic mass is 32.2. The van der Waals surface area contributed by atoms with Gasteiger partial charge in [-0.25, -0.2) is 0 Å². The summed E-state index contributed by atoms with van der Waals surface area (Å²) in [5.41, 5.74) is 4.27. The summed E-state index contributed by atoms with van der Waals surface area (Å²) in [6.07, 6.45) is 0. The molecule has 0 saturated carbocycles. The zero-order chi connectivity index (χ0) is 8.69. The molecule has 5 N–H and O–H groups in total. The Bertz CT molecular complexity index is 122. The number of nitrogens with two attached hydrogens (primary N) is 1. The molecule has 0 aromatic rings. The third-order valence-electron chi connectivity index (χ3n) is 0.931. The summed E-state index contributed by atoms with van der Waals surface area (Å²) < 4.78 is 2.67. The molecular formula is C5H13N3O2S. The monoisotopic (exact) mass is 179 g/mol. The summed E-state index contributed by atoms with van der Waals surface area (Å²) in [5, 5.41) is 11.6. The van der Waals surface area contributed by atoms with Gasteiger partial charge in [-0.2, -0.15) is 0 Å². The van der Waals surface area contributed by atoms with Gasteiger partial charge in [-0.05, 0) is 19.0 Å². The normalized spacial score (nSPS) is 13.0. The third kappa shape index (κ3) is 6.27. The second kappa shape index (κ2) is 6.56. The lowest BCUT2D eigenvalue weighted by Crippen LogP contribution is -2.35. The van der Waals surface area contributed by atoms with Gasteiger partial charge in [0.15, 0.2) is 11.3 Å². The van der Waals surface area contributed by atoms with Crippen molar-refractivity contribution in [2.45, 2.75) is 5.56 Å². The Morgan fingerprint density at radius 3 is 2.91 bits per heavy atom. The van der Waals surface area contributed by atoms with Crippen molar-refractivity contribution in [2.24, 2.45) is 5.73 Å². The van der Waals surface area contributed by atoms with E-state index in [1.54, 1.807) is 7.05 Å². The predicted octanol–water partition coefficient (Wildman–Crippen LogP) is -1.75. The van der Waals surface area contributed by atoms with Crippen molar-refractivity contribution in [3.05, 3.63) is 0 Å². The molecular weight excluding hydrogens is 166 g/mol. The van der Waals surface area contributed by atoms with Crippen LogP contribution >= 0.6 is 11.9 Å². The lowest BCUT2D eigenvalue weighted by Gasteiger charge is -2.09. The molecule has 0 aliphatic rings. The van der Waals surface area contributed by atoms with Crippen molar-refractivity contribution in [1.82, 2.24) is 10.0 Å². The van der Waals surface area contributed by atoms with Crippen LogP contribution in [0.2, 0.25) is 0 Å². The van der Waals surface area contributed by atoms with Crippen molar-refractivity contribution < 1.29 is 9.90 Å². The van der Waals surface area contributed by atoms with Crippen molar-refractivity contribution >= 4 is 17.7 Å². The molecule has 6 heteroatoms. The minimum absolute atomic E-state index is 0.00391. The molecule has 0 aliphatic carbocycles. The quantitative estimate of drug-likeness (QED) is 0.286. The average molecular weight is 179 g/mol. The molecule has 0 saturated heterocycles. The first-order valence-corrected chi connectivity index (χ1v) is 4.04. The van der Waals surface area contributed by atoms with Gasteiger partial charge in [-0.3, -0.25) is 14.8 Å². The lowest BCUT2D eigenvalue weighted by molar-refractivity contribution is -0.117. The maximum atomic E-state index is 10.6. The highest BCUT2D eigenvalue weighted by Crippen LogP contribution is 1.95. The van der Waals surface area contributed by atoms with Gasteiger partial charge in [0, 0.05) is 0 Å². The number of aliphatic hydroxyl groups is 1. The molecule has 0 spiro atoms. The van der Waals surface area contributed by atoms with E-state index in [4.69, 9.17) is 10.8 Å². The first-order valence-electron chi connectivity index (χ1n) is 3.16. The maximum Gasteiger partial charge on any atom is 0.167 e. The van der Waals surface area contributed by atoms with Crippen molar-refractivity contribution in [3.8, 4) is 0 Å². The van der Waals surface area contributed by atoms with Crippen LogP contribution in [0, 0.1) is 0 Å². The van der Waals surface area contributed by atoms with Crippen LogP contribution in [0.5, 0.6) is 0 Å². The highest BCUT2D eigenvalue weighted by molar-refractivity contribution is 7.97. The standard InChI is InChI=1S/C5H13N3O2S/c1-7-11-5(10)8-3-4(9)2-6/h5,7-8,10H,2-3,6H2,1H3. The molecule has 0 aromatic carbocycles. The zero-order valence-corrected chi connectivity index (χ0v) is 7.15. The molecule has 0 radical (unpaired) electrons. The first-order chi connectivity index (χ1) is 5.20. The number of nitrogens with one attached hydrogen (secondary N) is 2. The van der Waals surface area contributed by atoms with Crippen LogP contribution in [0.4, 0.5) is 0 Å². The Balaban J connectivity index is 3.29. The fourth-order valence-corrected chi connectivity index (χ4v) is 0.817. The minimum atomic E-state index is -0.768. The third-order valence-corrected chi connectivity index (χ3v) is 1.56. The number of hydrogen-bond acceptors (Lipinski definition) is 6. The second-order valence-electron chi connectivity index (χ2n) is 1.80. The molecule has 66 valence electrons. The van der Waals surface area contributed by atoms with Gasteiger partial charge in [0.05, 0.1) is 13.1 Å². The van der Waals surface area contributed by atoms with Crippen LogP contribution < -0.4 is 15.8 Å². The van der Waals surface area contributed by atoms with Crippen LogP contribution in [-0.2, 0) is 4.79 Å². The molecule has 1 atom stereocenters. The smallest absolute Gasteiger partial charge is 0.167 e. The summed E-state index contributed by atoms with van der Waals surface area (Å²) in [6.45, 7) is 0.107. The molecule has 0 bridgehead atoms. The number of carbonyl (C=O) groups excluding carboxylic acids is 1.